The molecule has 164 valence electrons. The zero-order chi connectivity index (χ0) is 21.8. The van der Waals surface area contributed by atoms with Crippen molar-refractivity contribution >= 4 is 63.5 Å². The highest BCUT2D eigenvalue weighted by Gasteiger charge is 2.32. The lowest BCUT2D eigenvalue weighted by Gasteiger charge is -2.28. The van der Waals surface area contributed by atoms with E-state index in [1.54, 1.807) is 21.6 Å². The summed E-state index contributed by atoms with van der Waals surface area (Å²) < 4.78 is 2.11. The van der Waals surface area contributed by atoms with Gasteiger partial charge in [-0.15, -0.1) is 0 Å². The first kappa shape index (κ1) is 22.4. The number of carbonyl (C=O) groups excluding carboxylic acids is 1. The lowest BCUT2D eigenvalue weighted by atomic mass is 10.2. The Kier molecular flexibility index (Phi) is 7.35. The summed E-state index contributed by atoms with van der Waals surface area (Å²) in [5.41, 5.74) is 0.912. The molecule has 4 rings (SSSR count). The fourth-order valence-corrected chi connectivity index (χ4v) is 5.95. The van der Waals surface area contributed by atoms with Crippen molar-refractivity contribution in [3.8, 4) is 0 Å². The van der Waals surface area contributed by atoms with Crippen molar-refractivity contribution in [3.63, 3.8) is 0 Å². The number of anilines is 1. The maximum atomic E-state index is 13.4. The molecule has 0 unspecified atom stereocenters. The largest absolute Gasteiger partial charge is 0.354 e. The van der Waals surface area contributed by atoms with E-state index < -0.39 is 0 Å². The van der Waals surface area contributed by atoms with Crippen molar-refractivity contribution in [2.75, 3.05) is 36.0 Å². The number of carbonyl (C=O) groups is 1. The molecule has 2 aromatic rings. The molecule has 1 amide bonds. The Balaban J connectivity index is 1.70. The Morgan fingerprint density at radius 1 is 1.16 bits per heavy atom. The lowest BCUT2D eigenvalue weighted by Crippen LogP contribution is -2.36. The first-order chi connectivity index (χ1) is 15.1. The van der Waals surface area contributed by atoms with Crippen molar-refractivity contribution in [2.24, 2.45) is 0 Å². The minimum absolute atomic E-state index is 0.107. The molecule has 9 heteroatoms. The number of amides is 1. The normalized spacial score (nSPS) is 18.5. The number of nitrogens with zero attached hydrogens (tertiary/aromatic N) is 4. The monoisotopic (exact) mass is 474 g/mol. The molecule has 4 heterocycles. The molecule has 2 saturated heterocycles. The van der Waals surface area contributed by atoms with Crippen LogP contribution in [0.5, 0.6) is 0 Å². The molecule has 2 aliphatic heterocycles. The SMILES string of the molecule is CCCCCCN1C(=O)/C(=C\c2c(N3CCSCC3)nc3ccccn3c2=O)SC1=S. The molecule has 2 aromatic heterocycles. The molecule has 0 radical (unpaired) electrons. The van der Waals surface area contributed by atoms with E-state index in [0.717, 1.165) is 50.3 Å². The van der Waals surface area contributed by atoms with Crippen molar-refractivity contribution < 1.29 is 4.79 Å². The average molecular weight is 475 g/mol. The Hall–Kier alpha value is -1.84. The van der Waals surface area contributed by atoms with Crippen LogP contribution in [0, 0.1) is 0 Å². The van der Waals surface area contributed by atoms with Gasteiger partial charge < -0.3 is 4.90 Å². The van der Waals surface area contributed by atoms with Crippen LogP contribution in [0.4, 0.5) is 5.82 Å². The number of thioether (sulfide) groups is 2. The summed E-state index contributed by atoms with van der Waals surface area (Å²) in [6, 6.07) is 5.52. The number of hydrogen-bond donors (Lipinski definition) is 0. The first-order valence-electron chi connectivity index (χ1n) is 10.7. The number of hydrogen-bond acceptors (Lipinski definition) is 7. The summed E-state index contributed by atoms with van der Waals surface area (Å²) >= 11 is 8.65. The minimum atomic E-state index is -0.160. The maximum absolute atomic E-state index is 13.4. The standard InChI is InChI=1S/C22H26N4O2S3/c1-2-3-4-6-10-26-21(28)17(31-22(26)29)15-16-19(24-11-13-30-14-12-24)23-18-8-5-7-9-25(18)20(16)27/h5,7-9,15H,2-4,6,10-14H2,1H3/b17-15+. The van der Waals surface area contributed by atoms with Crippen LogP contribution in [-0.2, 0) is 4.79 Å². The second-order valence-corrected chi connectivity index (χ2v) is 10.5. The summed E-state index contributed by atoms with van der Waals surface area (Å²) in [5, 5.41) is 0. The molecule has 2 fully saturated rings. The molecule has 0 atom stereocenters. The average Bonchev–Trinajstić information content (AvgIpc) is 3.06. The van der Waals surface area contributed by atoms with Crippen LogP contribution >= 0.6 is 35.7 Å². The lowest BCUT2D eigenvalue weighted by molar-refractivity contribution is -0.122. The maximum Gasteiger partial charge on any atom is 0.267 e. The van der Waals surface area contributed by atoms with Crippen molar-refractivity contribution in [1.29, 1.82) is 0 Å². The van der Waals surface area contributed by atoms with E-state index in [9.17, 15) is 9.59 Å². The van der Waals surface area contributed by atoms with Gasteiger partial charge in [0.2, 0.25) is 0 Å². The predicted octanol–water partition coefficient (Wildman–Crippen LogP) is 4.03. The van der Waals surface area contributed by atoms with Gasteiger partial charge in [0.15, 0.2) is 0 Å². The van der Waals surface area contributed by atoms with Gasteiger partial charge in [-0.2, -0.15) is 11.8 Å². The van der Waals surface area contributed by atoms with Gasteiger partial charge in [0.05, 0.1) is 10.5 Å². The van der Waals surface area contributed by atoms with Gasteiger partial charge in [-0.1, -0.05) is 56.2 Å². The number of thiocarbonyl (C=S) groups is 1. The van der Waals surface area contributed by atoms with Gasteiger partial charge in [0.25, 0.3) is 11.5 Å². The molecular weight excluding hydrogens is 448 g/mol. The van der Waals surface area contributed by atoms with Crippen LogP contribution in [0.25, 0.3) is 11.7 Å². The fourth-order valence-electron chi connectivity index (χ4n) is 3.75. The number of unbranched alkanes of at least 4 members (excludes halogenated alkanes) is 3. The third-order valence-electron chi connectivity index (χ3n) is 5.44. The van der Waals surface area contributed by atoms with Crippen LogP contribution in [-0.4, -0.2) is 55.7 Å². The first-order valence-corrected chi connectivity index (χ1v) is 13.1. The smallest absolute Gasteiger partial charge is 0.267 e. The second kappa shape index (κ2) is 10.2. The van der Waals surface area contributed by atoms with Gasteiger partial charge in [-0.05, 0) is 24.6 Å². The van der Waals surface area contributed by atoms with Gasteiger partial charge in [0.1, 0.15) is 15.8 Å². The summed E-state index contributed by atoms with van der Waals surface area (Å²) in [6.45, 7) is 4.46. The zero-order valence-electron chi connectivity index (χ0n) is 17.6. The van der Waals surface area contributed by atoms with Crippen LogP contribution in [0.2, 0.25) is 0 Å². The molecule has 0 aliphatic carbocycles. The summed E-state index contributed by atoms with van der Waals surface area (Å²) in [4.78, 5) is 35.6. The van der Waals surface area contributed by atoms with Crippen molar-refractivity contribution in [1.82, 2.24) is 14.3 Å². The molecule has 0 spiro atoms. The topological polar surface area (TPSA) is 57.9 Å². The quantitative estimate of drug-likeness (QED) is 0.341. The van der Waals surface area contributed by atoms with Crippen molar-refractivity contribution in [2.45, 2.75) is 32.6 Å². The van der Waals surface area contributed by atoms with Gasteiger partial charge >= 0.3 is 0 Å². The second-order valence-electron chi connectivity index (χ2n) is 7.58. The summed E-state index contributed by atoms with van der Waals surface area (Å²) in [7, 11) is 0. The van der Waals surface area contributed by atoms with Crippen molar-refractivity contribution in [3.05, 3.63) is 45.2 Å². The van der Waals surface area contributed by atoms with Gasteiger partial charge in [-0.25, -0.2) is 4.98 Å². The number of pyridine rings is 1. The summed E-state index contributed by atoms with van der Waals surface area (Å²) in [6.07, 6.45) is 7.74. The molecule has 31 heavy (non-hydrogen) atoms. The van der Waals surface area contributed by atoms with E-state index in [-0.39, 0.29) is 11.5 Å². The van der Waals surface area contributed by atoms with Crippen LogP contribution in [0.1, 0.15) is 38.2 Å². The number of fused-ring (bicyclic) bond motifs is 1. The molecule has 0 bridgehead atoms. The number of rotatable bonds is 7. The number of aromatic nitrogens is 2. The molecule has 0 saturated carbocycles. The van der Waals surface area contributed by atoms with E-state index in [1.165, 1.54) is 11.8 Å². The van der Waals surface area contributed by atoms with E-state index >= 15 is 0 Å². The highest BCUT2D eigenvalue weighted by Crippen LogP contribution is 2.34. The Morgan fingerprint density at radius 2 is 1.97 bits per heavy atom. The fraction of sp³-hybridized carbons (Fsp3) is 0.455. The molecular formula is C22H26N4O2S3. The predicted molar refractivity (Wildman–Crippen MR) is 135 cm³/mol. The Morgan fingerprint density at radius 3 is 2.74 bits per heavy atom. The van der Waals surface area contributed by atoms with E-state index in [0.29, 0.717) is 32.8 Å². The zero-order valence-corrected chi connectivity index (χ0v) is 20.0. The van der Waals surface area contributed by atoms with Crippen LogP contribution in [0.15, 0.2) is 34.1 Å². The third-order valence-corrected chi connectivity index (χ3v) is 7.76. The Labute approximate surface area is 196 Å². The third kappa shape index (κ3) is 4.83. The molecule has 6 nitrogen and oxygen atoms in total. The van der Waals surface area contributed by atoms with E-state index in [2.05, 4.69) is 11.8 Å². The highest BCUT2D eigenvalue weighted by molar-refractivity contribution is 8.26. The van der Waals surface area contributed by atoms with E-state index in [1.807, 2.05) is 30.0 Å². The van der Waals surface area contributed by atoms with Crippen LogP contribution in [0.3, 0.4) is 0 Å². The molecule has 0 aromatic carbocycles. The Bertz CT molecular complexity index is 1080. The molecule has 2 aliphatic rings. The minimum Gasteiger partial charge on any atom is -0.354 e. The highest BCUT2D eigenvalue weighted by atomic mass is 32.2. The molecule has 0 N–H and O–H groups in total. The van der Waals surface area contributed by atoms with Crippen LogP contribution < -0.4 is 10.5 Å². The van der Waals surface area contributed by atoms with E-state index in [4.69, 9.17) is 17.2 Å². The van der Waals surface area contributed by atoms with Gasteiger partial charge in [0, 0.05) is 37.3 Å². The van der Waals surface area contributed by atoms with Gasteiger partial charge in [-0.3, -0.25) is 18.9 Å². The summed E-state index contributed by atoms with van der Waals surface area (Å²) in [5.74, 6) is 2.54.